The molecule has 104 valence electrons. The summed E-state index contributed by atoms with van der Waals surface area (Å²) in [5.41, 5.74) is -0.370. The van der Waals surface area contributed by atoms with E-state index in [2.05, 4.69) is 0 Å². The van der Waals surface area contributed by atoms with Gasteiger partial charge in [-0.3, -0.25) is 0 Å². The zero-order valence-corrected chi connectivity index (χ0v) is 13.3. The van der Waals surface area contributed by atoms with Crippen molar-refractivity contribution in [3.05, 3.63) is 0 Å². The summed E-state index contributed by atoms with van der Waals surface area (Å²) >= 11 is 0. The maximum Gasteiger partial charge on any atom is 0.232 e. The molecule has 0 bridgehead atoms. The summed E-state index contributed by atoms with van der Waals surface area (Å²) in [6, 6.07) is 0. The zero-order chi connectivity index (χ0) is 13.9. The standard InChI is InChI=1S/C12H25ClO3S/c1-7-12(5,6)16-8-10(11(2,3)4)9-17(13,14)15/h10H,7-9H2,1-6H3. The molecule has 1 unspecified atom stereocenters. The molecule has 0 aromatic heterocycles. The van der Waals surface area contributed by atoms with Gasteiger partial charge in [-0.15, -0.1) is 0 Å². The molecule has 0 spiro atoms. The average molecular weight is 285 g/mol. The Labute approximate surface area is 110 Å². The molecule has 0 heterocycles. The largest absolute Gasteiger partial charge is 0.375 e. The van der Waals surface area contributed by atoms with Crippen LogP contribution in [0.1, 0.15) is 48.0 Å². The van der Waals surface area contributed by atoms with E-state index in [4.69, 9.17) is 15.4 Å². The van der Waals surface area contributed by atoms with E-state index in [-0.39, 0.29) is 22.7 Å². The van der Waals surface area contributed by atoms with Gasteiger partial charge in [0.05, 0.1) is 18.0 Å². The molecular weight excluding hydrogens is 260 g/mol. The molecule has 0 saturated heterocycles. The Hall–Kier alpha value is 0.200. The quantitative estimate of drug-likeness (QED) is 0.702. The minimum absolute atomic E-state index is 0.0438. The normalized spacial score (nSPS) is 15.9. The third-order valence-electron chi connectivity index (χ3n) is 3.15. The second-order valence-corrected chi connectivity index (χ2v) is 9.01. The summed E-state index contributed by atoms with van der Waals surface area (Å²) in [6.45, 7) is 12.5. The summed E-state index contributed by atoms with van der Waals surface area (Å²) in [5.74, 6) is -0.145. The van der Waals surface area contributed by atoms with Crippen molar-refractivity contribution in [3.8, 4) is 0 Å². The predicted molar refractivity (Wildman–Crippen MR) is 72.9 cm³/mol. The van der Waals surface area contributed by atoms with Crippen LogP contribution in [0.5, 0.6) is 0 Å². The van der Waals surface area contributed by atoms with Gasteiger partial charge in [-0.05, 0) is 25.7 Å². The molecule has 0 aliphatic rings. The molecule has 1 atom stereocenters. The summed E-state index contributed by atoms with van der Waals surface area (Å²) in [7, 11) is 1.85. The van der Waals surface area contributed by atoms with Crippen LogP contribution in [0.3, 0.4) is 0 Å². The molecule has 0 amide bonds. The number of hydrogen-bond donors (Lipinski definition) is 0. The molecule has 3 nitrogen and oxygen atoms in total. The molecule has 0 aromatic carbocycles. The number of hydrogen-bond acceptors (Lipinski definition) is 3. The third kappa shape index (κ3) is 8.01. The fourth-order valence-electron chi connectivity index (χ4n) is 1.22. The average Bonchev–Trinajstić information content (AvgIpc) is 2.09. The highest BCUT2D eigenvalue weighted by atomic mass is 35.7. The predicted octanol–water partition coefficient (Wildman–Crippen LogP) is 3.42. The molecule has 0 fully saturated rings. The van der Waals surface area contributed by atoms with E-state index in [1.165, 1.54) is 0 Å². The molecule has 0 aliphatic heterocycles. The van der Waals surface area contributed by atoms with Gasteiger partial charge in [0, 0.05) is 16.6 Å². The Morgan fingerprint density at radius 1 is 1.18 bits per heavy atom. The van der Waals surface area contributed by atoms with Crippen molar-refractivity contribution in [3.63, 3.8) is 0 Å². The molecule has 0 aromatic rings. The van der Waals surface area contributed by atoms with E-state index >= 15 is 0 Å². The molecule has 0 radical (unpaired) electrons. The van der Waals surface area contributed by atoms with Crippen molar-refractivity contribution in [2.75, 3.05) is 12.4 Å². The molecule has 0 rings (SSSR count). The lowest BCUT2D eigenvalue weighted by molar-refractivity contribution is -0.0500. The number of rotatable bonds is 6. The zero-order valence-electron chi connectivity index (χ0n) is 11.7. The highest BCUT2D eigenvalue weighted by Gasteiger charge is 2.31. The van der Waals surface area contributed by atoms with Gasteiger partial charge in [-0.1, -0.05) is 27.7 Å². The van der Waals surface area contributed by atoms with Crippen LogP contribution in [0, 0.1) is 11.3 Å². The Bertz CT molecular complexity index is 328. The first-order chi connectivity index (χ1) is 7.37. The first kappa shape index (κ1) is 17.2. The van der Waals surface area contributed by atoms with E-state index in [0.29, 0.717) is 6.61 Å². The molecule has 0 saturated carbocycles. The highest BCUT2D eigenvalue weighted by Crippen LogP contribution is 2.30. The van der Waals surface area contributed by atoms with Crippen molar-refractivity contribution in [2.24, 2.45) is 11.3 Å². The van der Waals surface area contributed by atoms with Crippen LogP contribution in [0.2, 0.25) is 0 Å². The van der Waals surface area contributed by atoms with Crippen LogP contribution in [0.25, 0.3) is 0 Å². The first-order valence-corrected chi connectivity index (χ1v) is 8.41. The second kappa shape index (κ2) is 5.89. The lowest BCUT2D eigenvalue weighted by Gasteiger charge is -2.33. The lowest BCUT2D eigenvalue weighted by atomic mass is 9.82. The maximum absolute atomic E-state index is 11.2. The summed E-state index contributed by atoms with van der Waals surface area (Å²) in [4.78, 5) is 0. The van der Waals surface area contributed by atoms with Gasteiger partial charge < -0.3 is 4.74 Å². The lowest BCUT2D eigenvalue weighted by Crippen LogP contribution is -2.35. The van der Waals surface area contributed by atoms with Crippen molar-refractivity contribution < 1.29 is 13.2 Å². The van der Waals surface area contributed by atoms with Gasteiger partial charge in [0.1, 0.15) is 0 Å². The maximum atomic E-state index is 11.2. The first-order valence-electron chi connectivity index (χ1n) is 5.93. The van der Waals surface area contributed by atoms with Crippen LogP contribution < -0.4 is 0 Å². The van der Waals surface area contributed by atoms with Gasteiger partial charge in [-0.25, -0.2) is 8.42 Å². The fraction of sp³-hybridized carbons (Fsp3) is 1.00. The minimum Gasteiger partial charge on any atom is -0.375 e. The SMILES string of the molecule is CCC(C)(C)OCC(CS(=O)(=O)Cl)C(C)(C)C. The van der Waals surface area contributed by atoms with Gasteiger partial charge in [0.15, 0.2) is 0 Å². The molecule has 5 heteroatoms. The highest BCUT2D eigenvalue weighted by molar-refractivity contribution is 8.13. The van der Waals surface area contributed by atoms with Crippen LogP contribution in [0.4, 0.5) is 0 Å². The molecular formula is C12H25ClO3S. The van der Waals surface area contributed by atoms with Gasteiger partial charge in [0.25, 0.3) is 0 Å². The Kier molecular flexibility index (Phi) is 5.96. The van der Waals surface area contributed by atoms with Crippen LogP contribution in [0.15, 0.2) is 0 Å². The van der Waals surface area contributed by atoms with Crippen molar-refractivity contribution >= 4 is 19.7 Å². The summed E-state index contributed by atoms with van der Waals surface area (Å²) in [6.07, 6.45) is 0.886. The van der Waals surface area contributed by atoms with Gasteiger partial charge in [-0.2, -0.15) is 0 Å². The summed E-state index contributed by atoms with van der Waals surface area (Å²) < 4.78 is 28.2. The van der Waals surface area contributed by atoms with Crippen LogP contribution >= 0.6 is 10.7 Å². The van der Waals surface area contributed by atoms with E-state index in [1.807, 2.05) is 41.5 Å². The molecule has 0 N–H and O–H groups in total. The topological polar surface area (TPSA) is 43.4 Å². The Morgan fingerprint density at radius 2 is 1.65 bits per heavy atom. The van der Waals surface area contributed by atoms with Crippen molar-refractivity contribution in [2.45, 2.75) is 53.6 Å². The van der Waals surface area contributed by atoms with Crippen LogP contribution in [-0.2, 0) is 13.8 Å². The van der Waals surface area contributed by atoms with Gasteiger partial charge in [0.2, 0.25) is 9.05 Å². The second-order valence-electron chi connectivity index (χ2n) is 6.19. The van der Waals surface area contributed by atoms with E-state index in [9.17, 15) is 8.42 Å². The third-order valence-corrected chi connectivity index (χ3v) is 4.33. The molecule has 17 heavy (non-hydrogen) atoms. The number of halogens is 1. The minimum atomic E-state index is -3.49. The smallest absolute Gasteiger partial charge is 0.232 e. The van der Waals surface area contributed by atoms with Gasteiger partial charge >= 0.3 is 0 Å². The van der Waals surface area contributed by atoms with E-state index in [1.54, 1.807) is 0 Å². The Balaban J connectivity index is 4.64. The molecule has 0 aliphatic carbocycles. The van der Waals surface area contributed by atoms with Crippen LogP contribution in [-0.4, -0.2) is 26.4 Å². The van der Waals surface area contributed by atoms with E-state index < -0.39 is 9.05 Å². The Morgan fingerprint density at radius 3 is 1.94 bits per heavy atom. The number of ether oxygens (including phenoxy) is 1. The van der Waals surface area contributed by atoms with Crippen molar-refractivity contribution in [1.29, 1.82) is 0 Å². The van der Waals surface area contributed by atoms with Crippen molar-refractivity contribution in [1.82, 2.24) is 0 Å². The monoisotopic (exact) mass is 284 g/mol. The summed E-state index contributed by atoms with van der Waals surface area (Å²) in [5, 5.41) is 0. The fourth-order valence-corrected chi connectivity index (χ4v) is 2.75. The van der Waals surface area contributed by atoms with E-state index in [0.717, 1.165) is 6.42 Å².